The number of unbranched alkanes of at least 4 members (excludes halogenated alkanes) is 2. The number of esters is 1. The summed E-state index contributed by atoms with van der Waals surface area (Å²) < 4.78 is 4.67. The van der Waals surface area contributed by atoms with Gasteiger partial charge in [0.1, 0.15) is 17.5 Å². The van der Waals surface area contributed by atoms with Crippen LogP contribution >= 0.6 is 0 Å². The molecule has 0 aliphatic heterocycles. The largest absolute Gasteiger partial charge is 0.507 e. The lowest BCUT2D eigenvalue weighted by atomic mass is 9.83. The maximum absolute atomic E-state index is 13.0. The Bertz CT molecular complexity index is 784. The highest BCUT2D eigenvalue weighted by molar-refractivity contribution is 6.01. The molecule has 0 fully saturated rings. The number of ether oxygens (including phenoxy) is 1. The van der Waals surface area contributed by atoms with Crippen molar-refractivity contribution in [3.63, 3.8) is 0 Å². The Morgan fingerprint density at radius 3 is 2.66 bits per heavy atom. The zero-order valence-corrected chi connectivity index (χ0v) is 17.9. The molecule has 0 saturated heterocycles. The first-order valence-electron chi connectivity index (χ1n) is 10.4. The first-order chi connectivity index (χ1) is 13.8. The van der Waals surface area contributed by atoms with Crippen LogP contribution in [0.15, 0.2) is 17.7 Å². The predicted octanol–water partition coefficient (Wildman–Crippen LogP) is 4.34. The fraction of sp³-hybridized carbons (Fsp3) is 0.565. The summed E-state index contributed by atoms with van der Waals surface area (Å²) in [6.07, 6.45) is 8.20. The third-order valence-electron chi connectivity index (χ3n) is 5.52. The van der Waals surface area contributed by atoms with Crippen LogP contribution in [0.3, 0.4) is 0 Å². The Balaban J connectivity index is 2.48. The number of carbonyl (C=O) groups is 2. The Kier molecular flexibility index (Phi) is 8.11. The molecule has 2 atom stereocenters. The SMILES string of the molecule is CCCCCc1cc(O)c([C@@H]2C=C(C)CCC2)c(O)c1C(=O)N[C@@H](C)C(=O)OC. The highest BCUT2D eigenvalue weighted by atomic mass is 16.5. The Morgan fingerprint density at radius 2 is 2.03 bits per heavy atom. The molecule has 0 aromatic heterocycles. The van der Waals surface area contributed by atoms with Crippen molar-refractivity contribution in [2.45, 2.75) is 77.7 Å². The zero-order chi connectivity index (χ0) is 21.6. The van der Waals surface area contributed by atoms with Gasteiger partial charge in [0.05, 0.1) is 12.7 Å². The summed E-state index contributed by atoms with van der Waals surface area (Å²) in [6, 6.07) is 0.754. The molecule has 6 nitrogen and oxygen atoms in total. The molecule has 1 aliphatic rings. The molecule has 1 aromatic rings. The average Bonchev–Trinajstić information content (AvgIpc) is 2.67. The maximum Gasteiger partial charge on any atom is 0.328 e. The summed E-state index contributed by atoms with van der Waals surface area (Å²) in [6.45, 7) is 5.65. The Hall–Kier alpha value is -2.50. The number of benzene rings is 1. The van der Waals surface area contributed by atoms with Crippen LogP contribution in [0.5, 0.6) is 11.5 Å². The van der Waals surface area contributed by atoms with Crippen LogP contribution in [0, 0.1) is 0 Å². The van der Waals surface area contributed by atoms with Crippen molar-refractivity contribution in [3.05, 3.63) is 34.4 Å². The quantitative estimate of drug-likeness (QED) is 0.341. The lowest BCUT2D eigenvalue weighted by molar-refractivity contribution is -0.142. The summed E-state index contributed by atoms with van der Waals surface area (Å²) in [5.74, 6) is -1.41. The number of carbonyl (C=O) groups excluding carboxylic acids is 2. The van der Waals surface area contributed by atoms with Crippen molar-refractivity contribution in [2.75, 3.05) is 7.11 Å². The van der Waals surface area contributed by atoms with Crippen molar-refractivity contribution in [1.29, 1.82) is 0 Å². The van der Waals surface area contributed by atoms with Gasteiger partial charge in [-0.3, -0.25) is 4.79 Å². The minimum atomic E-state index is -0.843. The number of hydrogen-bond acceptors (Lipinski definition) is 5. The van der Waals surface area contributed by atoms with Gasteiger partial charge in [-0.1, -0.05) is 31.4 Å². The van der Waals surface area contributed by atoms with E-state index in [1.54, 1.807) is 6.07 Å². The monoisotopic (exact) mass is 403 g/mol. The number of aromatic hydroxyl groups is 2. The number of methoxy groups -OCH3 is 1. The highest BCUT2D eigenvalue weighted by Crippen LogP contribution is 2.44. The van der Waals surface area contributed by atoms with Crippen LogP contribution in [-0.2, 0) is 16.0 Å². The van der Waals surface area contributed by atoms with Crippen LogP contribution in [0.1, 0.15) is 86.7 Å². The molecule has 3 N–H and O–H groups in total. The van der Waals surface area contributed by atoms with E-state index in [1.165, 1.54) is 19.6 Å². The number of aryl methyl sites for hydroxylation is 1. The summed E-state index contributed by atoms with van der Waals surface area (Å²) in [5.41, 5.74) is 2.32. The molecular weight excluding hydrogens is 370 g/mol. The van der Waals surface area contributed by atoms with Crippen molar-refractivity contribution < 1.29 is 24.5 Å². The first kappa shape index (κ1) is 22.8. The minimum Gasteiger partial charge on any atom is -0.507 e. The van der Waals surface area contributed by atoms with Gasteiger partial charge in [-0.2, -0.15) is 0 Å². The Morgan fingerprint density at radius 1 is 1.31 bits per heavy atom. The van der Waals surface area contributed by atoms with E-state index in [0.717, 1.165) is 38.5 Å². The lowest BCUT2D eigenvalue weighted by Crippen LogP contribution is -2.39. The summed E-state index contributed by atoms with van der Waals surface area (Å²) in [5, 5.41) is 24.4. The smallest absolute Gasteiger partial charge is 0.328 e. The second-order valence-corrected chi connectivity index (χ2v) is 7.88. The van der Waals surface area contributed by atoms with E-state index in [2.05, 4.69) is 17.0 Å². The van der Waals surface area contributed by atoms with Crippen LogP contribution in [-0.4, -0.2) is 35.2 Å². The van der Waals surface area contributed by atoms with Gasteiger partial charge in [0.2, 0.25) is 0 Å². The molecule has 29 heavy (non-hydrogen) atoms. The van der Waals surface area contributed by atoms with Crippen LogP contribution < -0.4 is 5.32 Å². The summed E-state index contributed by atoms with van der Waals surface area (Å²) in [7, 11) is 1.26. The summed E-state index contributed by atoms with van der Waals surface area (Å²) >= 11 is 0. The number of phenolic OH excluding ortho intramolecular Hbond substituents is 2. The van der Waals surface area contributed by atoms with Crippen LogP contribution in [0.25, 0.3) is 0 Å². The molecule has 0 spiro atoms. The van der Waals surface area contributed by atoms with E-state index in [4.69, 9.17) is 0 Å². The van der Waals surface area contributed by atoms with Gasteiger partial charge in [-0.05, 0) is 57.6 Å². The first-order valence-corrected chi connectivity index (χ1v) is 10.4. The molecule has 0 saturated carbocycles. The lowest BCUT2D eigenvalue weighted by Gasteiger charge is -2.24. The number of rotatable bonds is 8. The van der Waals surface area contributed by atoms with Gasteiger partial charge in [0.25, 0.3) is 5.91 Å². The number of amides is 1. The molecule has 0 heterocycles. The second-order valence-electron chi connectivity index (χ2n) is 7.88. The second kappa shape index (κ2) is 10.3. The van der Waals surface area contributed by atoms with Crippen molar-refractivity contribution in [1.82, 2.24) is 5.32 Å². The topological polar surface area (TPSA) is 95.9 Å². The van der Waals surface area contributed by atoms with Gasteiger partial charge < -0.3 is 20.3 Å². The number of nitrogens with one attached hydrogen (secondary N) is 1. The fourth-order valence-corrected chi connectivity index (χ4v) is 3.95. The fourth-order valence-electron chi connectivity index (χ4n) is 3.95. The molecule has 0 radical (unpaired) electrons. The predicted molar refractivity (Wildman–Crippen MR) is 112 cm³/mol. The third kappa shape index (κ3) is 5.52. The van der Waals surface area contributed by atoms with E-state index < -0.39 is 17.9 Å². The Labute approximate surface area is 173 Å². The molecular formula is C23H33NO5. The third-order valence-corrected chi connectivity index (χ3v) is 5.52. The highest BCUT2D eigenvalue weighted by Gasteiger charge is 2.29. The maximum atomic E-state index is 13.0. The van der Waals surface area contributed by atoms with Crippen molar-refractivity contribution in [3.8, 4) is 11.5 Å². The summed E-state index contributed by atoms with van der Waals surface area (Å²) in [4.78, 5) is 24.7. The van der Waals surface area contributed by atoms with Crippen molar-refractivity contribution >= 4 is 11.9 Å². The van der Waals surface area contributed by atoms with E-state index >= 15 is 0 Å². The minimum absolute atomic E-state index is 0.0162. The molecule has 1 aromatic carbocycles. The molecule has 0 unspecified atom stereocenters. The van der Waals surface area contributed by atoms with Crippen molar-refractivity contribution in [2.24, 2.45) is 0 Å². The standard InChI is InChI=1S/C23H33NO5/c1-5-6-7-10-17-13-18(25)19(16-11-8-9-14(2)12-16)21(26)20(17)22(27)24-15(3)23(28)29-4/h12-13,15-16,25-26H,5-11H2,1-4H3,(H,24,27)/t15-,16-/m0/s1. The zero-order valence-electron chi connectivity index (χ0n) is 17.9. The molecule has 1 aliphatic carbocycles. The van der Waals surface area contributed by atoms with E-state index in [-0.39, 0.29) is 23.0 Å². The molecule has 160 valence electrons. The number of allylic oxidation sites excluding steroid dienone is 2. The van der Waals surface area contributed by atoms with E-state index in [0.29, 0.717) is 17.5 Å². The number of hydrogen-bond donors (Lipinski definition) is 3. The van der Waals surface area contributed by atoms with Crippen LogP contribution in [0.2, 0.25) is 0 Å². The van der Waals surface area contributed by atoms with E-state index in [1.807, 2.05) is 13.0 Å². The van der Waals surface area contributed by atoms with Gasteiger partial charge >= 0.3 is 5.97 Å². The van der Waals surface area contributed by atoms with Gasteiger partial charge in [-0.25, -0.2) is 4.79 Å². The molecule has 1 amide bonds. The van der Waals surface area contributed by atoms with Gasteiger partial charge in [0, 0.05) is 11.5 Å². The van der Waals surface area contributed by atoms with Crippen LogP contribution in [0.4, 0.5) is 0 Å². The van der Waals surface area contributed by atoms with Gasteiger partial charge in [0.15, 0.2) is 0 Å². The average molecular weight is 404 g/mol. The molecule has 0 bridgehead atoms. The van der Waals surface area contributed by atoms with E-state index in [9.17, 15) is 19.8 Å². The van der Waals surface area contributed by atoms with Gasteiger partial charge in [-0.15, -0.1) is 0 Å². The molecule has 2 rings (SSSR count). The normalized spacial score (nSPS) is 17.4. The molecule has 6 heteroatoms. The number of phenols is 2.